The number of nitrogens with zero attached hydrogens (tertiary/aromatic N) is 3. The van der Waals surface area contributed by atoms with Crippen LogP contribution in [0.5, 0.6) is 0 Å². The number of nitrogens with one attached hydrogen (secondary N) is 1. The quantitative estimate of drug-likeness (QED) is 0.770. The summed E-state index contributed by atoms with van der Waals surface area (Å²) >= 11 is 0. The molecule has 2 rings (SSSR count). The van der Waals surface area contributed by atoms with E-state index in [0.717, 1.165) is 24.5 Å². The topological polar surface area (TPSA) is 66.0 Å². The molecule has 0 unspecified atom stereocenters. The number of hydrogen-bond acceptors (Lipinski definition) is 5. The van der Waals surface area contributed by atoms with Crippen molar-refractivity contribution in [2.75, 3.05) is 26.7 Å². The second kappa shape index (κ2) is 12.6. The van der Waals surface area contributed by atoms with Gasteiger partial charge < -0.3 is 16.0 Å². The molecule has 0 aliphatic carbocycles. The molecule has 3 N–H and O–H groups in total. The lowest BCUT2D eigenvalue weighted by Gasteiger charge is -2.14. The predicted octanol–water partition coefficient (Wildman–Crippen LogP) is 2.46. The van der Waals surface area contributed by atoms with Crippen molar-refractivity contribution in [1.29, 1.82) is 0 Å². The summed E-state index contributed by atoms with van der Waals surface area (Å²) in [5, 5.41) is 3.06. The number of nitrogens with two attached hydrogens (primary N) is 1. The molecule has 122 valence electrons. The van der Waals surface area contributed by atoms with Crippen LogP contribution in [0.3, 0.4) is 0 Å². The predicted molar refractivity (Wildman–Crippen MR) is 98.1 cm³/mol. The Morgan fingerprint density at radius 1 is 1.55 bits per heavy atom. The van der Waals surface area contributed by atoms with Crippen LogP contribution in [-0.4, -0.2) is 44.5 Å². The summed E-state index contributed by atoms with van der Waals surface area (Å²) < 4.78 is 0. The van der Waals surface area contributed by atoms with Gasteiger partial charge in [0.1, 0.15) is 0 Å². The minimum absolute atomic E-state index is 0.546. The molecule has 0 spiro atoms. The summed E-state index contributed by atoms with van der Waals surface area (Å²) in [6.45, 7) is 11.7. The number of aliphatic imine (C=N–C) groups is 2. The van der Waals surface area contributed by atoms with Gasteiger partial charge in [0.2, 0.25) is 0 Å². The molecule has 0 atom stereocenters. The molecule has 0 aromatic carbocycles. The van der Waals surface area contributed by atoms with Crippen molar-refractivity contribution >= 4 is 12.9 Å². The fourth-order valence-corrected chi connectivity index (χ4v) is 1.50. The van der Waals surface area contributed by atoms with Crippen molar-refractivity contribution in [3.8, 4) is 0 Å². The van der Waals surface area contributed by atoms with Gasteiger partial charge in [0.15, 0.2) is 0 Å². The lowest BCUT2D eigenvalue weighted by molar-refractivity contribution is 0.516. The molecular formula is C17H29N5. The normalized spacial score (nSPS) is 16.2. The monoisotopic (exact) mass is 303 g/mol. The zero-order chi connectivity index (χ0) is 16.8. The lowest BCUT2D eigenvalue weighted by Crippen LogP contribution is -2.16. The molecule has 2 aliphatic rings. The van der Waals surface area contributed by atoms with Gasteiger partial charge in [-0.15, -0.1) is 0 Å². The van der Waals surface area contributed by atoms with Gasteiger partial charge in [-0.05, 0) is 45.8 Å². The fourth-order valence-electron chi connectivity index (χ4n) is 1.50. The highest BCUT2D eigenvalue weighted by molar-refractivity contribution is 5.62. The SMILES string of the molecule is C=N/C(C)=C\CN.CC1=CCNC=C1.CC1=CN(C)CC=N1. The van der Waals surface area contributed by atoms with E-state index in [1.54, 1.807) is 0 Å². The maximum Gasteiger partial charge on any atom is 0.0527 e. The van der Waals surface area contributed by atoms with Crippen molar-refractivity contribution in [2.45, 2.75) is 20.8 Å². The molecule has 0 aromatic heterocycles. The van der Waals surface area contributed by atoms with E-state index in [9.17, 15) is 0 Å². The molecule has 5 nitrogen and oxygen atoms in total. The van der Waals surface area contributed by atoms with E-state index < -0.39 is 0 Å². The van der Waals surface area contributed by atoms with Crippen molar-refractivity contribution < 1.29 is 0 Å². The van der Waals surface area contributed by atoms with Crippen molar-refractivity contribution in [1.82, 2.24) is 10.2 Å². The highest BCUT2D eigenvalue weighted by atomic mass is 15.1. The van der Waals surface area contributed by atoms with Crippen molar-refractivity contribution in [2.24, 2.45) is 15.7 Å². The standard InChI is InChI=1S/C6H10N2.C6H9N.C5H10N2/c1-6-5-8(2)4-3-7-6;1-6-2-4-7-5-3-6;1-5(7-2)3-4-6/h3,5H,4H2,1-2H3;2-4,7H,5H2,1H3;3H,2,4,6H2,1H3/b;;5-3-. The Balaban J connectivity index is 0.000000302. The first-order valence-corrected chi connectivity index (χ1v) is 7.31. The van der Waals surface area contributed by atoms with Gasteiger partial charge in [-0.3, -0.25) is 9.98 Å². The molecule has 0 fully saturated rings. The molecular weight excluding hydrogens is 274 g/mol. The first-order valence-electron chi connectivity index (χ1n) is 7.31. The Hall–Kier alpha value is -2.14. The van der Waals surface area contributed by atoms with Gasteiger partial charge in [0.25, 0.3) is 0 Å². The molecule has 2 aliphatic heterocycles. The van der Waals surface area contributed by atoms with E-state index >= 15 is 0 Å². The maximum absolute atomic E-state index is 5.14. The summed E-state index contributed by atoms with van der Waals surface area (Å²) in [6.07, 6.45) is 11.9. The minimum Gasteiger partial charge on any atom is -0.387 e. The molecule has 22 heavy (non-hydrogen) atoms. The number of hydrogen-bond donors (Lipinski definition) is 2. The van der Waals surface area contributed by atoms with Gasteiger partial charge in [0, 0.05) is 38.2 Å². The third-order valence-corrected chi connectivity index (χ3v) is 2.74. The zero-order valence-electron chi connectivity index (χ0n) is 14.2. The first kappa shape index (κ1) is 19.9. The molecule has 0 aromatic rings. The Morgan fingerprint density at radius 2 is 2.27 bits per heavy atom. The number of rotatable bonds is 2. The largest absolute Gasteiger partial charge is 0.387 e. The highest BCUT2D eigenvalue weighted by Crippen LogP contribution is 1.99. The van der Waals surface area contributed by atoms with Crippen LogP contribution in [0.15, 0.2) is 57.6 Å². The van der Waals surface area contributed by atoms with Gasteiger partial charge in [-0.1, -0.05) is 11.6 Å². The molecule has 0 saturated carbocycles. The van der Waals surface area contributed by atoms with Gasteiger partial charge in [-0.2, -0.15) is 0 Å². The van der Waals surface area contributed by atoms with Crippen molar-refractivity contribution in [3.05, 3.63) is 47.6 Å². The molecule has 2 heterocycles. The van der Waals surface area contributed by atoms with E-state index in [1.165, 1.54) is 5.57 Å². The zero-order valence-corrected chi connectivity index (χ0v) is 14.2. The average molecular weight is 303 g/mol. The molecule has 0 amide bonds. The van der Waals surface area contributed by atoms with E-state index in [0.29, 0.717) is 6.54 Å². The highest BCUT2D eigenvalue weighted by Gasteiger charge is 1.94. The second-order valence-electron chi connectivity index (χ2n) is 4.95. The van der Waals surface area contributed by atoms with Crippen molar-refractivity contribution in [3.63, 3.8) is 0 Å². The summed E-state index contributed by atoms with van der Waals surface area (Å²) in [5.41, 5.74) is 8.46. The van der Waals surface area contributed by atoms with Crippen LogP contribution in [0.25, 0.3) is 0 Å². The van der Waals surface area contributed by atoms with E-state index in [2.05, 4.69) is 46.0 Å². The molecule has 0 radical (unpaired) electrons. The van der Waals surface area contributed by atoms with Crippen LogP contribution in [-0.2, 0) is 0 Å². The summed E-state index contributed by atoms with van der Waals surface area (Å²) in [7, 11) is 2.04. The summed E-state index contributed by atoms with van der Waals surface area (Å²) in [6, 6.07) is 0. The van der Waals surface area contributed by atoms with E-state index in [4.69, 9.17) is 5.73 Å². The molecule has 0 saturated heterocycles. The van der Waals surface area contributed by atoms with Gasteiger partial charge in [-0.25, -0.2) is 0 Å². The Kier molecular flexibility index (Phi) is 11.4. The molecule has 5 heteroatoms. The van der Waals surface area contributed by atoms with E-state index in [-0.39, 0.29) is 0 Å². The average Bonchev–Trinajstić information content (AvgIpc) is 2.49. The van der Waals surface area contributed by atoms with Crippen LogP contribution in [0.4, 0.5) is 0 Å². The van der Waals surface area contributed by atoms with E-state index in [1.807, 2.05) is 45.6 Å². The lowest BCUT2D eigenvalue weighted by atomic mass is 10.2. The number of allylic oxidation sites excluding steroid dienone is 4. The van der Waals surface area contributed by atoms with Gasteiger partial charge in [0.05, 0.1) is 12.2 Å². The second-order valence-corrected chi connectivity index (χ2v) is 4.95. The van der Waals surface area contributed by atoms with Crippen LogP contribution in [0.2, 0.25) is 0 Å². The minimum atomic E-state index is 0.546. The maximum atomic E-state index is 5.14. The van der Waals surface area contributed by atoms with Crippen LogP contribution < -0.4 is 11.1 Å². The Bertz CT molecular complexity index is 463. The Morgan fingerprint density at radius 3 is 2.55 bits per heavy atom. The third kappa shape index (κ3) is 11.7. The van der Waals surface area contributed by atoms with Gasteiger partial charge >= 0.3 is 0 Å². The number of dihydropyridines is 1. The third-order valence-electron chi connectivity index (χ3n) is 2.74. The fraction of sp³-hybridized carbons (Fsp3) is 0.412. The summed E-state index contributed by atoms with van der Waals surface area (Å²) in [5.74, 6) is 0. The van der Waals surface area contributed by atoms with Crippen LogP contribution >= 0.6 is 0 Å². The molecule has 0 bridgehead atoms. The van der Waals surface area contributed by atoms with Crippen LogP contribution in [0.1, 0.15) is 20.8 Å². The Labute approximate surface area is 134 Å². The smallest absolute Gasteiger partial charge is 0.0527 e. The first-order chi connectivity index (χ1) is 10.5. The van der Waals surface area contributed by atoms with Crippen LogP contribution in [0, 0.1) is 0 Å². The summed E-state index contributed by atoms with van der Waals surface area (Å²) in [4.78, 5) is 9.78.